The highest BCUT2D eigenvalue weighted by Crippen LogP contribution is 2.27. The van der Waals surface area contributed by atoms with Crippen molar-refractivity contribution in [1.82, 2.24) is 19.8 Å². The molecular weight excluding hydrogens is 316 g/mol. The summed E-state index contributed by atoms with van der Waals surface area (Å²) in [6, 6.07) is 8.02. The first-order valence-electron chi connectivity index (χ1n) is 5.24. The highest BCUT2D eigenvalue weighted by atomic mass is 79.9. The highest BCUT2D eigenvalue weighted by molar-refractivity contribution is 9.10. The van der Waals surface area contributed by atoms with Gasteiger partial charge in [0.05, 0.1) is 0 Å². The van der Waals surface area contributed by atoms with Crippen molar-refractivity contribution in [3.8, 4) is 10.6 Å². The molecule has 0 fully saturated rings. The van der Waals surface area contributed by atoms with Crippen molar-refractivity contribution in [3.63, 3.8) is 0 Å². The van der Waals surface area contributed by atoms with Crippen LogP contribution in [0, 0.1) is 0 Å². The van der Waals surface area contributed by atoms with Crippen LogP contribution in [0.5, 0.6) is 0 Å². The van der Waals surface area contributed by atoms with Crippen LogP contribution >= 0.6 is 27.3 Å². The van der Waals surface area contributed by atoms with E-state index in [1.54, 1.807) is 11.6 Å². The Morgan fingerprint density at radius 2 is 2.28 bits per heavy atom. The van der Waals surface area contributed by atoms with Gasteiger partial charge in [-0.1, -0.05) is 39.4 Å². The first-order chi connectivity index (χ1) is 8.78. The van der Waals surface area contributed by atoms with Gasteiger partial charge in [-0.3, -0.25) is 0 Å². The Labute approximate surface area is 116 Å². The number of aromatic nitrogens is 4. The number of fused-ring (bicyclic) bond motifs is 1. The van der Waals surface area contributed by atoms with Crippen molar-refractivity contribution < 1.29 is 4.74 Å². The summed E-state index contributed by atoms with van der Waals surface area (Å²) in [5, 5.41) is 13.5. The van der Waals surface area contributed by atoms with E-state index in [0.29, 0.717) is 12.4 Å². The molecule has 0 aliphatic carbocycles. The number of benzene rings is 1. The van der Waals surface area contributed by atoms with E-state index in [1.165, 1.54) is 11.3 Å². The second kappa shape index (κ2) is 4.75. The van der Waals surface area contributed by atoms with Crippen molar-refractivity contribution in [1.29, 1.82) is 0 Å². The Morgan fingerprint density at radius 1 is 1.39 bits per heavy atom. The number of hydrogen-bond donors (Lipinski definition) is 0. The van der Waals surface area contributed by atoms with Gasteiger partial charge in [-0.15, -0.1) is 10.2 Å². The molecule has 0 amide bonds. The summed E-state index contributed by atoms with van der Waals surface area (Å²) in [7, 11) is 1.63. The van der Waals surface area contributed by atoms with Crippen molar-refractivity contribution >= 4 is 32.2 Å². The molecule has 0 radical (unpaired) electrons. The average molecular weight is 325 g/mol. The monoisotopic (exact) mass is 324 g/mol. The lowest BCUT2D eigenvalue weighted by molar-refractivity contribution is 0.176. The summed E-state index contributed by atoms with van der Waals surface area (Å²) in [6.07, 6.45) is 0. The van der Waals surface area contributed by atoms with Gasteiger partial charge in [-0.25, -0.2) is 0 Å². The number of hydrogen-bond acceptors (Lipinski definition) is 5. The van der Waals surface area contributed by atoms with Gasteiger partial charge in [0, 0.05) is 17.1 Å². The molecule has 0 bridgehead atoms. The number of halogens is 1. The molecule has 2 aromatic heterocycles. The molecule has 3 aromatic rings. The second-order valence-electron chi connectivity index (χ2n) is 3.66. The van der Waals surface area contributed by atoms with Crippen molar-refractivity contribution in [2.24, 2.45) is 0 Å². The number of rotatable bonds is 3. The van der Waals surface area contributed by atoms with E-state index in [-0.39, 0.29) is 0 Å². The lowest BCUT2D eigenvalue weighted by Crippen LogP contribution is -1.97. The van der Waals surface area contributed by atoms with Gasteiger partial charge in [0.2, 0.25) is 4.96 Å². The van der Waals surface area contributed by atoms with E-state index < -0.39 is 0 Å². The number of ether oxygens (including phenoxy) is 1. The summed E-state index contributed by atoms with van der Waals surface area (Å²) in [4.78, 5) is 0.775. The normalized spacial score (nSPS) is 11.2. The molecule has 0 atom stereocenters. The van der Waals surface area contributed by atoms with Crippen molar-refractivity contribution in [2.75, 3.05) is 7.11 Å². The minimum atomic E-state index is 0.406. The van der Waals surface area contributed by atoms with E-state index in [9.17, 15) is 0 Å². The van der Waals surface area contributed by atoms with E-state index in [0.717, 1.165) is 20.0 Å². The third kappa shape index (κ3) is 2.05. The molecule has 18 heavy (non-hydrogen) atoms. The van der Waals surface area contributed by atoms with Gasteiger partial charge >= 0.3 is 0 Å². The maximum atomic E-state index is 5.06. The summed E-state index contributed by atoms with van der Waals surface area (Å²) in [5.74, 6) is 0.713. The second-order valence-corrected chi connectivity index (χ2v) is 5.53. The first kappa shape index (κ1) is 11.8. The molecule has 0 saturated carbocycles. The maximum Gasteiger partial charge on any atom is 0.235 e. The SMILES string of the molecule is COCc1nnc2sc(-c3cccc(Br)c3)nn12. The van der Waals surface area contributed by atoms with Gasteiger partial charge < -0.3 is 4.74 Å². The largest absolute Gasteiger partial charge is 0.377 e. The Bertz CT molecular complexity index is 693. The van der Waals surface area contributed by atoms with Crippen LogP contribution in [-0.4, -0.2) is 26.9 Å². The van der Waals surface area contributed by atoms with Gasteiger partial charge in [0.15, 0.2) is 5.82 Å². The third-order valence-corrected chi connectivity index (χ3v) is 3.84. The van der Waals surface area contributed by atoms with E-state index in [1.807, 2.05) is 24.3 Å². The van der Waals surface area contributed by atoms with E-state index >= 15 is 0 Å². The molecule has 0 aliphatic heterocycles. The predicted molar refractivity (Wildman–Crippen MR) is 72.5 cm³/mol. The Kier molecular flexibility index (Phi) is 3.11. The predicted octanol–water partition coefficient (Wildman–Crippen LogP) is 2.76. The van der Waals surface area contributed by atoms with Crippen LogP contribution in [0.3, 0.4) is 0 Å². The summed E-state index contributed by atoms with van der Waals surface area (Å²) in [5.41, 5.74) is 1.06. The molecule has 7 heteroatoms. The fourth-order valence-electron chi connectivity index (χ4n) is 1.61. The standard InChI is InChI=1S/C11H9BrN4OS/c1-17-6-9-13-14-11-16(9)15-10(18-11)7-3-2-4-8(12)5-7/h2-5H,6H2,1H3. The van der Waals surface area contributed by atoms with Crippen LogP contribution in [0.15, 0.2) is 28.7 Å². The number of nitrogens with zero attached hydrogens (tertiary/aromatic N) is 4. The summed E-state index contributed by atoms with van der Waals surface area (Å²) in [6.45, 7) is 0.406. The molecule has 0 spiro atoms. The minimum Gasteiger partial charge on any atom is -0.377 e. The fourth-order valence-corrected chi connectivity index (χ4v) is 2.87. The molecule has 2 heterocycles. The Balaban J connectivity index is 2.08. The lowest BCUT2D eigenvalue weighted by Gasteiger charge is -1.96. The quantitative estimate of drug-likeness (QED) is 0.743. The summed E-state index contributed by atoms with van der Waals surface area (Å²) >= 11 is 4.96. The molecule has 5 nitrogen and oxygen atoms in total. The van der Waals surface area contributed by atoms with E-state index in [4.69, 9.17) is 4.74 Å². The average Bonchev–Trinajstić information content (AvgIpc) is 2.92. The summed E-state index contributed by atoms with van der Waals surface area (Å²) < 4.78 is 7.82. The molecule has 1 aromatic carbocycles. The van der Waals surface area contributed by atoms with Crippen LogP contribution in [-0.2, 0) is 11.3 Å². The molecule has 0 saturated heterocycles. The zero-order valence-corrected chi connectivity index (χ0v) is 11.9. The number of methoxy groups -OCH3 is 1. The van der Waals surface area contributed by atoms with E-state index in [2.05, 4.69) is 31.2 Å². The van der Waals surface area contributed by atoms with Gasteiger partial charge in [-0.2, -0.15) is 9.61 Å². The van der Waals surface area contributed by atoms with Crippen LogP contribution in [0.25, 0.3) is 15.5 Å². The van der Waals surface area contributed by atoms with Crippen LogP contribution in [0.2, 0.25) is 0 Å². The fraction of sp³-hybridized carbons (Fsp3) is 0.182. The highest BCUT2D eigenvalue weighted by Gasteiger charge is 2.12. The van der Waals surface area contributed by atoms with Crippen LogP contribution < -0.4 is 0 Å². The van der Waals surface area contributed by atoms with Gasteiger partial charge in [-0.05, 0) is 12.1 Å². The molecule has 3 rings (SSSR count). The van der Waals surface area contributed by atoms with Gasteiger partial charge in [0.25, 0.3) is 0 Å². The minimum absolute atomic E-state index is 0.406. The molecule has 0 N–H and O–H groups in total. The van der Waals surface area contributed by atoms with Crippen molar-refractivity contribution in [2.45, 2.75) is 6.61 Å². The third-order valence-electron chi connectivity index (χ3n) is 2.40. The van der Waals surface area contributed by atoms with Gasteiger partial charge in [0.1, 0.15) is 11.6 Å². The van der Waals surface area contributed by atoms with Crippen LogP contribution in [0.4, 0.5) is 0 Å². The van der Waals surface area contributed by atoms with Crippen molar-refractivity contribution in [3.05, 3.63) is 34.6 Å². The topological polar surface area (TPSA) is 52.3 Å². The molecule has 0 unspecified atom stereocenters. The maximum absolute atomic E-state index is 5.06. The smallest absolute Gasteiger partial charge is 0.235 e. The molecule has 92 valence electrons. The lowest BCUT2D eigenvalue weighted by atomic mass is 10.2. The molecular formula is C11H9BrN4OS. The zero-order valence-electron chi connectivity index (χ0n) is 9.50. The van der Waals surface area contributed by atoms with Crippen LogP contribution in [0.1, 0.15) is 5.82 Å². The molecule has 0 aliphatic rings. The Hall–Kier alpha value is -1.31. The Morgan fingerprint density at radius 3 is 3.06 bits per heavy atom. The zero-order chi connectivity index (χ0) is 12.5. The first-order valence-corrected chi connectivity index (χ1v) is 6.85.